The number of ether oxygens (including phenoxy) is 1. The molecule has 11 heterocycles. The van der Waals surface area contributed by atoms with E-state index in [0.717, 1.165) is 175 Å². The summed E-state index contributed by atoms with van der Waals surface area (Å²) in [6.07, 6.45) is 21.3. The zero-order valence-corrected chi connectivity index (χ0v) is 55.5. The Balaban J connectivity index is 1.08. The standard InChI is InChI=1S/C79H90N8O/c1-19-47-39(9)59-33-67-51(23-5)43(13)73(84-67)71(74-44(14)52(24-6)68(85-74)34-60-40(10)48(20-2)64(81-60)37-63(47)80-59)55-29-27-31-57-77(55)88-78-56(30-28-32-58(78)79(57,17)18)72-75-45(15)53(25-7)69(86-75)35-61-41(11)49(21-3)65(82-61)38-66-50(22-4)42(12)62(83-66)36-70-54(26-8)46(16)76(72)87-70/h27-38,67,69,80,82,84-87H,19-26H2,1-18H3. The van der Waals surface area contributed by atoms with E-state index in [1.807, 2.05) is 0 Å². The monoisotopic (exact) mass is 1170 g/mol. The van der Waals surface area contributed by atoms with Gasteiger partial charge in [0.05, 0.1) is 46.3 Å². The maximum Gasteiger partial charge on any atom is 0.139 e. The van der Waals surface area contributed by atoms with Gasteiger partial charge in [-0.15, -0.1) is 0 Å². The first-order valence-electron chi connectivity index (χ1n) is 33.0. The zero-order valence-electron chi connectivity index (χ0n) is 55.5. The highest BCUT2D eigenvalue weighted by atomic mass is 16.5. The Labute approximate surface area is 521 Å². The number of hydrogen-bond donors (Lipinski definition) is 6. The smallest absolute Gasteiger partial charge is 0.139 e. The minimum atomic E-state index is -0.477. The SMILES string of the molecule is CCC1=C(C)C2=Cc3[nH]c(c(C)c3CC)C(c3cccc4c3Oc3c(C5=C6NC(C=c7[nH]c(c(CC)c7C)=CC7=NC(=Cc8[nH]c5c(C)c8CC)C(C)=C7CC)C(CC)=C6C)cccc3C4(C)C)=C3NC(C=c4[nH]c(c(CC)c4C)=CC1=N2)C(CC)=C3C. The number of H-pyrrole nitrogens is 4. The molecule has 9 heteroatoms. The molecule has 0 radical (unpaired) electrons. The third kappa shape index (κ3) is 8.82. The number of rotatable bonds is 10. The van der Waals surface area contributed by atoms with E-state index in [9.17, 15) is 0 Å². The second kappa shape index (κ2) is 22.1. The highest BCUT2D eigenvalue weighted by Crippen LogP contribution is 2.55. The molecule has 2 aromatic carbocycles. The molecule has 6 N–H and O–H groups in total. The lowest BCUT2D eigenvalue weighted by Crippen LogP contribution is -2.28. The molecule has 9 nitrogen and oxygen atoms in total. The summed E-state index contributed by atoms with van der Waals surface area (Å²) in [6, 6.07) is 13.7. The number of benzene rings is 2. The topological polar surface area (TPSA) is 121 Å². The number of hydrogen-bond acceptors (Lipinski definition) is 5. The van der Waals surface area contributed by atoms with E-state index in [-0.39, 0.29) is 12.1 Å². The van der Waals surface area contributed by atoms with Crippen LogP contribution in [0, 0.1) is 27.7 Å². The van der Waals surface area contributed by atoms with Crippen molar-refractivity contribution in [1.29, 1.82) is 0 Å². The van der Waals surface area contributed by atoms with Crippen LogP contribution in [-0.4, -0.2) is 43.4 Å². The summed E-state index contributed by atoms with van der Waals surface area (Å²) < 4.78 is 8.03. The molecule has 452 valence electrons. The second-order valence-corrected chi connectivity index (χ2v) is 26.0. The lowest BCUT2D eigenvalue weighted by molar-refractivity contribution is 0.415. The lowest BCUT2D eigenvalue weighted by atomic mass is 9.73. The summed E-state index contributed by atoms with van der Waals surface area (Å²) >= 11 is 0. The average molecular weight is 1170 g/mol. The van der Waals surface area contributed by atoms with E-state index < -0.39 is 5.41 Å². The van der Waals surface area contributed by atoms with Crippen molar-refractivity contribution >= 4 is 59.0 Å². The number of aromatic amines is 4. The van der Waals surface area contributed by atoms with Crippen molar-refractivity contribution in [2.24, 2.45) is 9.98 Å². The summed E-state index contributed by atoms with van der Waals surface area (Å²) in [5.74, 6) is 1.75. The summed E-state index contributed by atoms with van der Waals surface area (Å²) in [6.45, 7) is 41.4. The van der Waals surface area contributed by atoms with Gasteiger partial charge in [-0.1, -0.05) is 106 Å². The Kier molecular flexibility index (Phi) is 14.7. The van der Waals surface area contributed by atoms with Crippen molar-refractivity contribution in [3.8, 4) is 11.5 Å². The van der Waals surface area contributed by atoms with Crippen LogP contribution in [0.4, 0.5) is 0 Å². The maximum absolute atomic E-state index is 8.03. The Morgan fingerprint density at radius 3 is 1.19 bits per heavy atom. The van der Waals surface area contributed by atoms with Crippen molar-refractivity contribution in [3.63, 3.8) is 0 Å². The van der Waals surface area contributed by atoms with E-state index >= 15 is 0 Å². The van der Waals surface area contributed by atoms with Gasteiger partial charge in [0.2, 0.25) is 0 Å². The number of para-hydroxylation sites is 2. The molecular formula is C79H90N8O. The number of aromatic nitrogens is 4. The molecule has 2 unspecified atom stereocenters. The van der Waals surface area contributed by atoms with Crippen LogP contribution in [0.5, 0.6) is 11.5 Å². The van der Waals surface area contributed by atoms with E-state index in [4.69, 9.17) is 14.7 Å². The summed E-state index contributed by atoms with van der Waals surface area (Å²) in [5, 5.41) is 13.1. The molecule has 0 aliphatic carbocycles. The van der Waals surface area contributed by atoms with Crippen molar-refractivity contribution in [1.82, 2.24) is 30.6 Å². The second-order valence-electron chi connectivity index (χ2n) is 26.0. The van der Waals surface area contributed by atoms with Crippen LogP contribution < -0.4 is 36.8 Å². The Bertz CT molecular complexity index is 4370. The van der Waals surface area contributed by atoms with Gasteiger partial charge in [-0.2, -0.15) is 0 Å². The Morgan fingerprint density at radius 2 is 0.830 bits per heavy atom. The Morgan fingerprint density at radius 1 is 0.432 bits per heavy atom. The average Bonchev–Trinajstić information content (AvgIpc) is 1.18. The normalized spacial score (nSPS) is 19.2. The molecule has 13 rings (SSSR count). The van der Waals surface area contributed by atoms with Gasteiger partial charge in [-0.05, 0) is 232 Å². The number of fused-ring (bicyclic) bond motifs is 16. The fourth-order valence-corrected chi connectivity index (χ4v) is 16.3. The molecule has 6 aromatic rings. The maximum atomic E-state index is 8.03. The van der Waals surface area contributed by atoms with Crippen LogP contribution in [0.3, 0.4) is 0 Å². The van der Waals surface area contributed by atoms with Gasteiger partial charge in [-0.3, -0.25) is 0 Å². The molecule has 0 saturated heterocycles. The van der Waals surface area contributed by atoms with Crippen LogP contribution in [-0.2, 0) is 31.1 Å². The molecule has 0 fully saturated rings. The van der Waals surface area contributed by atoms with Gasteiger partial charge in [0.1, 0.15) is 11.5 Å². The van der Waals surface area contributed by atoms with Gasteiger partial charge in [-0.25, -0.2) is 9.98 Å². The molecular weight excluding hydrogens is 1080 g/mol. The first-order chi connectivity index (χ1) is 42.3. The van der Waals surface area contributed by atoms with Gasteiger partial charge in [0, 0.05) is 83.0 Å². The highest BCUT2D eigenvalue weighted by molar-refractivity contribution is 6.24. The van der Waals surface area contributed by atoms with Crippen molar-refractivity contribution in [2.75, 3.05) is 0 Å². The molecule has 4 aromatic heterocycles. The van der Waals surface area contributed by atoms with E-state index in [1.165, 1.54) is 89.1 Å². The quantitative estimate of drug-likeness (QED) is 0.0819. The Hall–Kier alpha value is -8.30. The number of aliphatic imine (C=N–C) groups is 2. The summed E-state index contributed by atoms with van der Waals surface area (Å²) in [4.78, 5) is 27.1. The molecule has 2 atom stereocenters. The van der Waals surface area contributed by atoms with E-state index in [2.05, 4.69) is 228 Å². The molecule has 88 heavy (non-hydrogen) atoms. The predicted octanol–water partition coefficient (Wildman–Crippen LogP) is 15.4. The molecule has 0 amide bonds. The van der Waals surface area contributed by atoms with Gasteiger partial charge in [0.15, 0.2) is 0 Å². The first-order valence-corrected chi connectivity index (χ1v) is 33.0. The van der Waals surface area contributed by atoms with Gasteiger partial charge < -0.3 is 35.3 Å². The van der Waals surface area contributed by atoms with Gasteiger partial charge in [0.25, 0.3) is 0 Å². The van der Waals surface area contributed by atoms with Crippen LogP contribution in [0.15, 0.2) is 114 Å². The summed E-state index contributed by atoms with van der Waals surface area (Å²) in [5.41, 5.74) is 37.5. The lowest BCUT2D eigenvalue weighted by Gasteiger charge is -2.37. The molecule has 16 bridgehead atoms. The fourth-order valence-electron chi connectivity index (χ4n) is 16.3. The number of nitrogens with zero attached hydrogens (tertiary/aromatic N) is 2. The fraction of sp³-hybridized carbons (Fsp3) is 0.367. The van der Waals surface area contributed by atoms with Crippen molar-refractivity contribution in [3.05, 3.63) is 215 Å². The largest absolute Gasteiger partial charge is 0.455 e. The minimum absolute atomic E-state index is 0.0453. The summed E-state index contributed by atoms with van der Waals surface area (Å²) in [7, 11) is 0. The number of nitrogens with one attached hydrogen (secondary N) is 6. The third-order valence-corrected chi connectivity index (χ3v) is 21.4. The van der Waals surface area contributed by atoms with E-state index in [0.29, 0.717) is 0 Å². The predicted molar refractivity (Wildman–Crippen MR) is 370 cm³/mol. The molecule has 0 saturated carbocycles. The molecule has 0 spiro atoms. The van der Waals surface area contributed by atoms with Crippen LogP contribution in [0.1, 0.15) is 212 Å². The van der Waals surface area contributed by atoms with Crippen LogP contribution in [0.25, 0.3) is 47.6 Å². The van der Waals surface area contributed by atoms with Crippen LogP contribution >= 0.6 is 0 Å². The zero-order chi connectivity index (χ0) is 62.1. The minimum Gasteiger partial charge on any atom is -0.455 e. The van der Waals surface area contributed by atoms with Crippen molar-refractivity contribution < 1.29 is 4.74 Å². The molecule has 7 aliphatic heterocycles. The highest BCUT2D eigenvalue weighted by Gasteiger charge is 2.41. The number of allylic oxidation sites excluding steroid dienone is 6. The molecule has 7 aliphatic rings. The van der Waals surface area contributed by atoms with Gasteiger partial charge >= 0.3 is 0 Å². The van der Waals surface area contributed by atoms with Crippen molar-refractivity contribution in [2.45, 2.75) is 193 Å². The van der Waals surface area contributed by atoms with E-state index in [1.54, 1.807) is 0 Å². The first kappa shape index (κ1) is 58.7. The third-order valence-electron chi connectivity index (χ3n) is 21.4. The van der Waals surface area contributed by atoms with Crippen LogP contribution in [0.2, 0.25) is 0 Å².